The van der Waals surface area contributed by atoms with Crippen molar-refractivity contribution in [1.29, 1.82) is 0 Å². The number of anilines is 1. The molecule has 0 spiro atoms. The highest BCUT2D eigenvalue weighted by Crippen LogP contribution is 2.28. The summed E-state index contributed by atoms with van der Waals surface area (Å²) < 4.78 is 1.19. The lowest BCUT2D eigenvalue weighted by molar-refractivity contribution is 0.715. The summed E-state index contributed by atoms with van der Waals surface area (Å²) in [5.41, 5.74) is 3.82. The van der Waals surface area contributed by atoms with Crippen molar-refractivity contribution in [3.63, 3.8) is 0 Å². The molecule has 0 atom stereocenters. The summed E-state index contributed by atoms with van der Waals surface area (Å²) in [6.07, 6.45) is 2.71. The van der Waals surface area contributed by atoms with Crippen LogP contribution in [0.5, 0.6) is 0 Å². The smallest absolute Gasteiger partial charge is 0.132 e. The molecule has 0 fully saturated rings. The van der Waals surface area contributed by atoms with Gasteiger partial charge in [0.05, 0.1) is 0 Å². The SMILES string of the molecule is Cc1cc(N2CCc3cccc(Br)c3C2)ncn1. The highest BCUT2D eigenvalue weighted by Gasteiger charge is 2.19. The first-order valence-corrected chi connectivity index (χ1v) is 6.83. The number of halogens is 1. The highest BCUT2D eigenvalue weighted by atomic mass is 79.9. The largest absolute Gasteiger partial charge is 0.352 e. The Balaban J connectivity index is 1.93. The van der Waals surface area contributed by atoms with E-state index in [1.54, 1.807) is 6.33 Å². The predicted octanol–water partition coefficient (Wildman–Crippen LogP) is 3.11. The van der Waals surface area contributed by atoms with Gasteiger partial charge in [-0.2, -0.15) is 0 Å². The molecule has 0 amide bonds. The van der Waals surface area contributed by atoms with E-state index < -0.39 is 0 Å². The molecule has 0 saturated carbocycles. The minimum atomic E-state index is 0.910. The Morgan fingerprint density at radius 3 is 3.00 bits per heavy atom. The molecule has 2 aromatic rings. The number of hydrogen-bond donors (Lipinski definition) is 0. The van der Waals surface area contributed by atoms with Crippen LogP contribution in [-0.4, -0.2) is 16.5 Å². The van der Waals surface area contributed by atoms with Crippen LogP contribution >= 0.6 is 15.9 Å². The fourth-order valence-electron chi connectivity index (χ4n) is 2.35. The van der Waals surface area contributed by atoms with Crippen LogP contribution in [0.4, 0.5) is 5.82 Å². The molecule has 4 heteroatoms. The topological polar surface area (TPSA) is 29.0 Å². The van der Waals surface area contributed by atoms with Crippen molar-refractivity contribution in [3.8, 4) is 0 Å². The quantitative estimate of drug-likeness (QED) is 0.810. The van der Waals surface area contributed by atoms with Gasteiger partial charge in [-0.25, -0.2) is 9.97 Å². The Bertz CT molecular complexity index is 583. The zero-order valence-electron chi connectivity index (χ0n) is 10.2. The van der Waals surface area contributed by atoms with Gasteiger partial charge in [0.15, 0.2) is 0 Å². The van der Waals surface area contributed by atoms with Gasteiger partial charge in [0, 0.05) is 29.3 Å². The molecule has 0 unspecified atom stereocenters. The Hall–Kier alpha value is -1.42. The number of benzene rings is 1. The van der Waals surface area contributed by atoms with Gasteiger partial charge >= 0.3 is 0 Å². The molecule has 0 radical (unpaired) electrons. The molecule has 1 aromatic carbocycles. The number of aryl methyl sites for hydroxylation is 1. The van der Waals surface area contributed by atoms with E-state index in [1.807, 2.05) is 13.0 Å². The van der Waals surface area contributed by atoms with Gasteiger partial charge < -0.3 is 4.90 Å². The normalized spacial score (nSPS) is 14.4. The Morgan fingerprint density at radius 2 is 2.17 bits per heavy atom. The lowest BCUT2D eigenvalue weighted by Crippen LogP contribution is -2.31. The maximum absolute atomic E-state index is 4.37. The molecule has 1 aliphatic rings. The van der Waals surface area contributed by atoms with Crippen LogP contribution in [0.2, 0.25) is 0 Å². The minimum Gasteiger partial charge on any atom is -0.352 e. The lowest BCUT2D eigenvalue weighted by atomic mass is 10.00. The molecule has 0 bridgehead atoms. The van der Waals surface area contributed by atoms with Gasteiger partial charge in [0.25, 0.3) is 0 Å². The number of aromatic nitrogens is 2. The standard InChI is InChI=1S/C14H14BrN3/c1-10-7-14(17-9-16-10)18-6-5-11-3-2-4-13(15)12(11)8-18/h2-4,7,9H,5-6,8H2,1H3. The maximum atomic E-state index is 4.37. The minimum absolute atomic E-state index is 0.910. The number of fused-ring (bicyclic) bond motifs is 1. The van der Waals surface area contributed by atoms with E-state index in [1.165, 1.54) is 15.6 Å². The number of rotatable bonds is 1. The summed E-state index contributed by atoms with van der Waals surface area (Å²) in [4.78, 5) is 10.8. The van der Waals surface area contributed by atoms with Gasteiger partial charge in [-0.3, -0.25) is 0 Å². The Kier molecular flexibility index (Phi) is 3.04. The van der Waals surface area contributed by atoms with Crippen LogP contribution in [0, 0.1) is 6.92 Å². The fourth-order valence-corrected chi connectivity index (χ4v) is 2.88. The Labute approximate surface area is 115 Å². The Morgan fingerprint density at radius 1 is 1.28 bits per heavy atom. The molecule has 1 aliphatic heterocycles. The molecule has 18 heavy (non-hydrogen) atoms. The molecular formula is C14H14BrN3. The average molecular weight is 304 g/mol. The summed E-state index contributed by atoms with van der Waals surface area (Å²) in [7, 11) is 0. The first kappa shape index (κ1) is 11.7. The van der Waals surface area contributed by atoms with Crippen LogP contribution in [0.1, 0.15) is 16.8 Å². The van der Waals surface area contributed by atoms with Crippen LogP contribution in [0.25, 0.3) is 0 Å². The third kappa shape index (κ3) is 2.12. The van der Waals surface area contributed by atoms with Gasteiger partial charge in [-0.05, 0) is 30.5 Å². The zero-order chi connectivity index (χ0) is 12.5. The zero-order valence-corrected chi connectivity index (χ0v) is 11.8. The lowest BCUT2D eigenvalue weighted by Gasteiger charge is -2.30. The summed E-state index contributed by atoms with van der Waals surface area (Å²) in [5.74, 6) is 1.02. The third-order valence-corrected chi connectivity index (χ3v) is 4.07. The van der Waals surface area contributed by atoms with E-state index in [0.717, 1.165) is 31.0 Å². The van der Waals surface area contributed by atoms with Crippen molar-refractivity contribution >= 4 is 21.7 Å². The summed E-state index contributed by atoms with van der Waals surface area (Å²) >= 11 is 3.64. The van der Waals surface area contributed by atoms with E-state index >= 15 is 0 Å². The van der Waals surface area contributed by atoms with Crippen molar-refractivity contribution < 1.29 is 0 Å². The maximum Gasteiger partial charge on any atom is 0.132 e. The van der Waals surface area contributed by atoms with E-state index in [2.05, 4.69) is 49.0 Å². The molecule has 3 nitrogen and oxygen atoms in total. The molecular weight excluding hydrogens is 290 g/mol. The molecule has 1 aromatic heterocycles. The summed E-state index contributed by atoms with van der Waals surface area (Å²) in [6.45, 7) is 3.92. The van der Waals surface area contributed by atoms with E-state index in [4.69, 9.17) is 0 Å². The molecule has 0 aliphatic carbocycles. The van der Waals surface area contributed by atoms with E-state index in [9.17, 15) is 0 Å². The third-order valence-electron chi connectivity index (χ3n) is 3.33. The molecule has 0 saturated heterocycles. The van der Waals surface area contributed by atoms with Crippen molar-refractivity contribution in [2.24, 2.45) is 0 Å². The van der Waals surface area contributed by atoms with E-state index in [-0.39, 0.29) is 0 Å². The van der Waals surface area contributed by atoms with Gasteiger partial charge in [0.2, 0.25) is 0 Å². The van der Waals surface area contributed by atoms with Crippen molar-refractivity contribution in [2.45, 2.75) is 19.9 Å². The monoisotopic (exact) mass is 303 g/mol. The van der Waals surface area contributed by atoms with Crippen LogP contribution in [0.3, 0.4) is 0 Å². The second kappa shape index (κ2) is 4.69. The highest BCUT2D eigenvalue weighted by molar-refractivity contribution is 9.10. The first-order chi connectivity index (χ1) is 8.74. The molecule has 0 N–H and O–H groups in total. The summed E-state index contributed by atoms with van der Waals surface area (Å²) in [5, 5.41) is 0. The second-order valence-electron chi connectivity index (χ2n) is 4.57. The molecule has 92 valence electrons. The van der Waals surface area contributed by atoms with Crippen molar-refractivity contribution in [2.75, 3.05) is 11.4 Å². The molecule has 3 rings (SSSR count). The fraction of sp³-hybridized carbons (Fsp3) is 0.286. The first-order valence-electron chi connectivity index (χ1n) is 6.04. The average Bonchev–Trinajstić information content (AvgIpc) is 2.39. The summed E-state index contributed by atoms with van der Waals surface area (Å²) in [6, 6.07) is 8.46. The second-order valence-corrected chi connectivity index (χ2v) is 5.42. The number of nitrogens with zero attached hydrogens (tertiary/aromatic N) is 3. The van der Waals surface area contributed by atoms with Crippen LogP contribution in [-0.2, 0) is 13.0 Å². The van der Waals surface area contributed by atoms with Gasteiger partial charge in [0.1, 0.15) is 12.1 Å². The van der Waals surface area contributed by atoms with Gasteiger partial charge in [-0.15, -0.1) is 0 Å². The van der Waals surface area contributed by atoms with Gasteiger partial charge in [-0.1, -0.05) is 28.1 Å². The van der Waals surface area contributed by atoms with E-state index in [0.29, 0.717) is 0 Å². The molecule has 2 heterocycles. The van der Waals surface area contributed by atoms with Crippen molar-refractivity contribution in [3.05, 3.63) is 51.9 Å². The number of hydrogen-bond acceptors (Lipinski definition) is 3. The van der Waals surface area contributed by atoms with Crippen LogP contribution in [0.15, 0.2) is 35.1 Å². The van der Waals surface area contributed by atoms with Crippen LogP contribution < -0.4 is 4.90 Å². The van der Waals surface area contributed by atoms with Crippen molar-refractivity contribution in [1.82, 2.24) is 9.97 Å². The predicted molar refractivity (Wildman–Crippen MR) is 75.7 cm³/mol.